The molecule has 0 spiro atoms. The van der Waals surface area contributed by atoms with Gasteiger partial charge in [0.15, 0.2) is 0 Å². The van der Waals surface area contributed by atoms with Gasteiger partial charge in [0.05, 0.1) is 11.3 Å². The monoisotopic (exact) mass is 333 g/mol. The highest BCUT2D eigenvalue weighted by molar-refractivity contribution is 6.03. The Labute approximate surface area is 143 Å². The van der Waals surface area contributed by atoms with Crippen molar-refractivity contribution in [3.8, 4) is 0 Å². The Bertz CT molecular complexity index is 556. The number of carbonyl (C=O) groups excluding carboxylic acids is 2. The highest BCUT2D eigenvalue weighted by atomic mass is 16.2. The average Bonchev–Trinajstić information content (AvgIpc) is 2.55. The quantitative estimate of drug-likeness (QED) is 0.622. The van der Waals surface area contributed by atoms with Crippen LogP contribution in [0, 0.1) is 0 Å². The molecule has 1 aromatic rings. The maximum Gasteiger partial charge on any atom is 0.319 e. The van der Waals surface area contributed by atoms with Crippen molar-refractivity contribution in [2.45, 2.75) is 19.9 Å². The number of amides is 3. The fourth-order valence-corrected chi connectivity index (χ4v) is 2.57. The molecule has 4 N–H and O–H groups in total. The Hall–Kier alpha value is -2.12. The first-order valence-corrected chi connectivity index (χ1v) is 8.44. The highest BCUT2D eigenvalue weighted by Crippen LogP contribution is 2.14. The maximum atomic E-state index is 12.4. The summed E-state index contributed by atoms with van der Waals surface area (Å²) in [5.74, 6) is -0.175. The number of nitrogens with one attached hydrogen (secondary N) is 4. The molecule has 0 unspecified atom stereocenters. The van der Waals surface area contributed by atoms with Crippen molar-refractivity contribution < 1.29 is 9.59 Å². The van der Waals surface area contributed by atoms with Gasteiger partial charge in [0.1, 0.15) is 0 Å². The van der Waals surface area contributed by atoms with Crippen LogP contribution in [0.15, 0.2) is 24.3 Å². The van der Waals surface area contributed by atoms with E-state index in [4.69, 9.17) is 0 Å². The predicted octanol–water partition coefficient (Wildman–Crippen LogP) is 0.852. The number of urea groups is 1. The molecular formula is C17H27N5O2. The molecule has 1 aliphatic heterocycles. The Morgan fingerprint density at radius 2 is 1.92 bits per heavy atom. The molecule has 0 atom stereocenters. The zero-order chi connectivity index (χ0) is 17.4. The van der Waals surface area contributed by atoms with Crippen molar-refractivity contribution in [1.82, 2.24) is 20.9 Å². The van der Waals surface area contributed by atoms with E-state index in [2.05, 4.69) is 26.2 Å². The van der Waals surface area contributed by atoms with Crippen LogP contribution in [0.2, 0.25) is 0 Å². The van der Waals surface area contributed by atoms with Gasteiger partial charge in [0.2, 0.25) is 0 Å². The second-order valence-electron chi connectivity index (χ2n) is 6.15. The second kappa shape index (κ2) is 9.24. The molecule has 7 nitrogen and oxygen atoms in total. The van der Waals surface area contributed by atoms with Gasteiger partial charge in [-0.3, -0.25) is 9.69 Å². The first-order chi connectivity index (χ1) is 11.6. The molecule has 3 amide bonds. The maximum absolute atomic E-state index is 12.4. The van der Waals surface area contributed by atoms with Gasteiger partial charge in [-0.05, 0) is 26.0 Å². The van der Waals surface area contributed by atoms with E-state index in [0.29, 0.717) is 17.8 Å². The van der Waals surface area contributed by atoms with Crippen molar-refractivity contribution >= 4 is 17.6 Å². The molecule has 0 saturated carbocycles. The van der Waals surface area contributed by atoms with Gasteiger partial charge in [0, 0.05) is 45.3 Å². The third-order valence-corrected chi connectivity index (χ3v) is 3.76. The summed E-state index contributed by atoms with van der Waals surface area (Å²) in [5, 5.41) is 11.7. The van der Waals surface area contributed by atoms with E-state index in [0.717, 1.165) is 32.7 Å². The number of piperazine rings is 1. The Morgan fingerprint density at radius 3 is 2.62 bits per heavy atom. The summed E-state index contributed by atoms with van der Waals surface area (Å²) in [6.45, 7) is 9.18. The molecule has 0 aromatic heterocycles. The van der Waals surface area contributed by atoms with Crippen LogP contribution in [-0.4, -0.2) is 62.1 Å². The zero-order valence-corrected chi connectivity index (χ0v) is 14.4. The molecule has 0 bridgehead atoms. The van der Waals surface area contributed by atoms with E-state index in [1.54, 1.807) is 24.3 Å². The molecule has 2 rings (SSSR count). The molecular weight excluding hydrogens is 306 g/mol. The fraction of sp³-hybridized carbons (Fsp3) is 0.529. The van der Waals surface area contributed by atoms with Crippen molar-refractivity contribution in [2.24, 2.45) is 0 Å². The molecule has 24 heavy (non-hydrogen) atoms. The average molecular weight is 333 g/mol. The van der Waals surface area contributed by atoms with Crippen LogP contribution in [-0.2, 0) is 0 Å². The van der Waals surface area contributed by atoms with Gasteiger partial charge in [-0.1, -0.05) is 12.1 Å². The number of para-hydroxylation sites is 1. The number of rotatable bonds is 6. The van der Waals surface area contributed by atoms with E-state index in [9.17, 15) is 9.59 Å². The summed E-state index contributed by atoms with van der Waals surface area (Å²) in [6, 6.07) is 6.74. The minimum absolute atomic E-state index is 0.0324. The zero-order valence-electron chi connectivity index (χ0n) is 14.4. The van der Waals surface area contributed by atoms with E-state index < -0.39 is 0 Å². The van der Waals surface area contributed by atoms with Crippen LogP contribution in [0.1, 0.15) is 24.2 Å². The highest BCUT2D eigenvalue weighted by Gasteiger charge is 2.14. The molecule has 1 fully saturated rings. The van der Waals surface area contributed by atoms with Gasteiger partial charge in [-0.15, -0.1) is 0 Å². The molecule has 1 heterocycles. The third-order valence-electron chi connectivity index (χ3n) is 3.76. The van der Waals surface area contributed by atoms with Gasteiger partial charge >= 0.3 is 6.03 Å². The Balaban J connectivity index is 1.87. The third kappa shape index (κ3) is 5.82. The summed E-state index contributed by atoms with van der Waals surface area (Å²) < 4.78 is 0. The summed E-state index contributed by atoms with van der Waals surface area (Å²) in [5.41, 5.74) is 0.979. The standard InChI is InChI=1S/C17H27N5O2/c1-13(2)20-17(24)21-15-6-4-3-5-14(15)16(23)19-9-12-22-10-7-18-8-11-22/h3-6,13,18H,7-12H2,1-2H3,(H,19,23)(H2,20,21,24). The lowest BCUT2D eigenvalue weighted by Crippen LogP contribution is -2.46. The first kappa shape index (κ1) is 18.2. The molecule has 132 valence electrons. The van der Waals surface area contributed by atoms with Gasteiger partial charge < -0.3 is 21.3 Å². The normalized spacial score (nSPS) is 15.1. The van der Waals surface area contributed by atoms with Crippen molar-refractivity contribution in [2.75, 3.05) is 44.6 Å². The summed E-state index contributed by atoms with van der Waals surface area (Å²) >= 11 is 0. The van der Waals surface area contributed by atoms with Gasteiger partial charge in [-0.25, -0.2) is 4.79 Å². The van der Waals surface area contributed by atoms with Gasteiger partial charge in [-0.2, -0.15) is 0 Å². The van der Waals surface area contributed by atoms with Crippen molar-refractivity contribution in [3.05, 3.63) is 29.8 Å². The molecule has 1 aliphatic rings. The molecule has 0 radical (unpaired) electrons. The number of benzene rings is 1. The topological polar surface area (TPSA) is 85.5 Å². The van der Waals surface area contributed by atoms with E-state index in [1.807, 2.05) is 13.8 Å². The fourth-order valence-electron chi connectivity index (χ4n) is 2.57. The molecule has 1 aromatic carbocycles. The largest absolute Gasteiger partial charge is 0.351 e. The van der Waals surface area contributed by atoms with Crippen LogP contribution in [0.5, 0.6) is 0 Å². The number of hydrogen-bond donors (Lipinski definition) is 4. The Morgan fingerprint density at radius 1 is 1.21 bits per heavy atom. The second-order valence-corrected chi connectivity index (χ2v) is 6.15. The minimum atomic E-state index is -0.314. The first-order valence-electron chi connectivity index (χ1n) is 8.44. The van der Waals surface area contributed by atoms with E-state index in [-0.39, 0.29) is 18.0 Å². The summed E-state index contributed by atoms with van der Waals surface area (Å²) in [7, 11) is 0. The lowest BCUT2D eigenvalue weighted by atomic mass is 10.1. The lowest BCUT2D eigenvalue weighted by molar-refractivity contribution is 0.0948. The van der Waals surface area contributed by atoms with Crippen molar-refractivity contribution in [1.29, 1.82) is 0 Å². The SMILES string of the molecule is CC(C)NC(=O)Nc1ccccc1C(=O)NCCN1CCNCC1. The van der Waals surface area contributed by atoms with Gasteiger partial charge in [0.25, 0.3) is 5.91 Å². The molecule has 7 heteroatoms. The van der Waals surface area contributed by atoms with Crippen molar-refractivity contribution in [3.63, 3.8) is 0 Å². The summed E-state index contributed by atoms with van der Waals surface area (Å²) in [4.78, 5) is 26.6. The Kier molecular flexibility index (Phi) is 7.02. The van der Waals surface area contributed by atoms with Crippen LogP contribution >= 0.6 is 0 Å². The van der Waals surface area contributed by atoms with Crippen LogP contribution < -0.4 is 21.3 Å². The van der Waals surface area contributed by atoms with Crippen LogP contribution in [0.3, 0.4) is 0 Å². The molecule has 0 aliphatic carbocycles. The molecule has 1 saturated heterocycles. The van der Waals surface area contributed by atoms with Crippen LogP contribution in [0.4, 0.5) is 10.5 Å². The number of anilines is 1. The number of hydrogen-bond acceptors (Lipinski definition) is 4. The smallest absolute Gasteiger partial charge is 0.319 e. The minimum Gasteiger partial charge on any atom is -0.351 e. The van der Waals surface area contributed by atoms with Crippen LogP contribution in [0.25, 0.3) is 0 Å². The lowest BCUT2D eigenvalue weighted by Gasteiger charge is -2.27. The number of nitrogens with zero attached hydrogens (tertiary/aromatic N) is 1. The summed E-state index contributed by atoms with van der Waals surface area (Å²) in [6.07, 6.45) is 0. The van der Waals surface area contributed by atoms with E-state index in [1.165, 1.54) is 0 Å². The predicted molar refractivity (Wildman–Crippen MR) is 95.4 cm³/mol. The van der Waals surface area contributed by atoms with E-state index >= 15 is 0 Å². The number of carbonyl (C=O) groups is 2.